The Morgan fingerprint density at radius 2 is 2.33 bits per heavy atom. The van der Waals surface area contributed by atoms with Crippen molar-refractivity contribution in [3.05, 3.63) is 0 Å². The normalized spacial score (nSPS) is 35.1. The Morgan fingerprint density at radius 1 is 1.67 bits per heavy atom. The molecule has 1 unspecified atom stereocenters. The highest BCUT2D eigenvalue weighted by Crippen LogP contribution is 2.06. The minimum atomic E-state index is -0.781. The number of aliphatic hydroxyl groups is 2. The summed E-state index contributed by atoms with van der Waals surface area (Å²) in [5, 5.41) is 23.9. The van der Waals surface area contributed by atoms with Crippen LogP contribution in [0, 0.1) is 0 Å². The Labute approximate surface area is 70.8 Å². The zero-order valence-corrected chi connectivity index (χ0v) is 6.95. The Kier molecular flexibility index (Phi) is 3.02. The van der Waals surface area contributed by atoms with Crippen LogP contribution in [0.4, 0.5) is 0 Å². The minimum absolute atomic E-state index is 0.134. The number of carbonyl (C=O) groups excluding carboxylic acids is 1. The van der Waals surface area contributed by atoms with Crippen LogP contribution >= 0.6 is 0 Å². The molecular formula is C7H14N2O3. The molecule has 0 spiro atoms. The molecule has 1 fully saturated rings. The van der Waals surface area contributed by atoms with Gasteiger partial charge in [-0.05, 0) is 0 Å². The highest BCUT2D eigenvalue weighted by atomic mass is 16.3. The van der Waals surface area contributed by atoms with Crippen molar-refractivity contribution in [2.24, 2.45) is 0 Å². The van der Waals surface area contributed by atoms with Gasteiger partial charge >= 0.3 is 0 Å². The Hall–Kier alpha value is -0.650. The molecule has 4 N–H and O–H groups in total. The molecule has 1 amide bonds. The van der Waals surface area contributed by atoms with Crippen molar-refractivity contribution in [3.63, 3.8) is 0 Å². The van der Waals surface area contributed by atoms with E-state index in [9.17, 15) is 9.90 Å². The molecule has 0 saturated carbocycles. The molecule has 5 nitrogen and oxygen atoms in total. The summed E-state index contributed by atoms with van der Waals surface area (Å²) in [5.74, 6) is -0.134. The maximum absolute atomic E-state index is 10.5. The third-order valence-electron chi connectivity index (χ3n) is 1.97. The van der Waals surface area contributed by atoms with E-state index in [0.717, 1.165) is 0 Å². The van der Waals surface area contributed by atoms with E-state index in [1.54, 1.807) is 0 Å². The number of hydrogen-bond donors (Lipinski definition) is 4. The van der Waals surface area contributed by atoms with E-state index in [1.165, 1.54) is 6.92 Å². The predicted octanol–water partition coefficient (Wildman–Crippen LogP) is -2.18. The van der Waals surface area contributed by atoms with Gasteiger partial charge in [-0.25, -0.2) is 0 Å². The van der Waals surface area contributed by atoms with E-state index < -0.39 is 12.2 Å². The molecule has 1 aliphatic rings. The van der Waals surface area contributed by atoms with Crippen molar-refractivity contribution in [2.45, 2.75) is 25.2 Å². The fourth-order valence-corrected chi connectivity index (χ4v) is 1.23. The lowest BCUT2D eigenvalue weighted by Gasteiger charge is -2.15. The number of hydrogen-bond acceptors (Lipinski definition) is 4. The number of β-amino-alcohol motifs (C(OH)–C–C–N with tert-alkyl or cyclic N) is 1. The largest absolute Gasteiger partial charge is 0.389 e. The highest BCUT2D eigenvalue weighted by Gasteiger charge is 2.32. The minimum Gasteiger partial charge on any atom is -0.389 e. The van der Waals surface area contributed by atoms with Crippen molar-refractivity contribution < 1.29 is 15.0 Å². The van der Waals surface area contributed by atoms with E-state index in [1.807, 2.05) is 0 Å². The van der Waals surface area contributed by atoms with E-state index >= 15 is 0 Å². The fraction of sp³-hybridized carbons (Fsp3) is 0.857. The van der Waals surface area contributed by atoms with Gasteiger partial charge in [0, 0.05) is 20.0 Å². The topological polar surface area (TPSA) is 81.6 Å². The van der Waals surface area contributed by atoms with Gasteiger partial charge in [0.1, 0.15) is 0 Å². The van der Waals surface area contributed by atoms with Gasteiger partial charge in [0.25, 0.3) is 0 Å². The number of amides is 1. The molecule has 0 aromatic rings. The van der Waals surface area contributed by atoms with Crippen molar-refractivity contribution in [3.8, 4) is 0 Å². The van der Waals surface area contributed by atoms with E-state index in [2.05, 4.69) is 10.6 Å². The zero-order chi connectivity index (χ0) is 9.14. The summed E-state index contributed by atoms with van der Waals surface area (Å²) >= 11 is 0. The van der Waals surface area contributed by atoms with Crippen LogP contribution in [-0.2, 0) is 4.79 Å². The maximum Gasteiger partial charge on any atom is 0.216 e. The molecule has 1 heterocycles. The summed E-state index contributed by atoms with van der Waals surface area (Å²) in [6.45, 7) is 2.15. The summed E-state index contributed by atoms with van der Waals surface area (Å²) in [6, 6.07) is -0.233. The predicted molar refractivity (Wildman–Crippen MR) is 42.5 cm³/mol. The zero-order valence-electron chi connectivity index (χ0n) is 6.95. The van der Waals surface area contributed by atoms with Crippen LogP contribution < -0.4 is 10.6 Å². The van der Waals surface area contributed by atoms with Gasteiger partial charge in [0.2, 0.25) is 5.91 Å². The summed E-state index contributed by atoms with van der Waals surface area (Å²) < 4.78 is 0. The second-order valence-corrected chi connectivity index (χ2v) is 3.01. The van der Waals surface area contributed by atoms with Crippen LogP contribution in [0.1, 0.15) is 6.92 Å². The highest BCUT2D eigenvalue weighted by molar-refractivity contribution is 5.72. The van der Waals surface area contributed by atoms with Gasteiger partial charge in [0.05, 0.1) is 18.2 Å². The van der Waals surface area contributed by atoms with Gasteiger partial charge in [-0.1, -0.05) is 0 Å². The van der Waals surface area contributed by atoms with E-state index in [4.69, 9.17) is 5.11 Å². The first-order chi connectivity index (χ1) is 5.61. The fourth-order valence-electron chi connectivity index (χ4n) is 1.23. The van der Waals surface area contributed by atoms with Crippen molar-refractivity contribution in [2.75, 3.05) is 13.1 Å². The number of rotatable bonds is 2. The van der Waals surface area contributed by atoms with Gasteiger partial charge in [0.15, 0.2) is 0 Å². The second-order valence-electron chi connectivity index (χ2n) is 3.01. The van der Waals surface area contributed by atoms with Crippen molar-refractivity contribution >= 4 is 5.91 Å². The van der Waals surface area contributed by atoms with Crippen LogP contribution in [0.5, 0.6) is 0 Å². The molecule has 3 atom stereocenters. The number of nitrogens with one attached hydrogen (secondary N) is 2. The molecule has 0 aromatic heterocycles. The lowest BCUT2D eigenvalue weighted by atomic mass is 10.1. The molecule has 1 rings (SSSR count). The molecule has 0 aromatic carbocycles. The van der Waals surface area contributed by atoms with Gasteiger partial charge in [-0.15, -0.1) is 0 Å². The number of carbonyl (C=O) groups is 1. The summed E-state index contributed by atoms with van der Waals surface area (Å²) in [5.41, 5.74) is 0. The SMILES string of the molecule is CC(=O)NCC1NC[C@H](O)[C@@H]1O. The third-order valence-corrected chi connectivity index (χ3v) is 1.97. The van der Waals surface area contributed by atoms with Crippen LogP contribution in [0.25, 0.3) is 0 Å². The molecule has 0 bridgehead atoms. The average Bonchev–Trinajstić information content (AvgIpc) is 2.30. The number of aliphatic hydroxyl groups excluding tert-OH is 2. The average molecular weight is 174 g/mol. The third kappa shape index (κ3) is 2.17. The van der Waals surface area contributed by atoms with Crippen LogP contribution in [0.3, 0.4) is 0 Å². The lowest BCUT2D eigenvalue weighted by Crippen LogP contribution is -2.42. The monoisotopic (exact) mass is 174 g/mol. The Morgan fingerprint density at radius 3 is 2.75 bits per heavy atom. The summed E-state index contributed by atoms with van der Waals surface area (Å²) in [7, 11) is 0. The van der Waals surface area contributed by atoms with Crippen molar-refractivity contribution in [1.29, 1.82) is 0 Å². The molecule has 0 aliphatic carbocycles. The molecule has 5 heteroatoms. The summed E-state index contributed by atoms with van der Waals surface area (Å²) in [6.07, 6.45) is -1.50. The smallest absolute Gasteiger partial charge is 0.216 e. The summed E-state index contributed by atoms with van der Waals surface area (Å²) in [4.78, 5) is 10.5. The first kappa shape index (κ1) is 9.44. The van der Waals surface area contributed by atoms with Crippen LogP contribution in [-0.4, -0.2) is 47.5 Å². The molecule has 70 valence electrons. The standard InChI is InChI=1S/C7H14N2O3/c1-4(10)8-2-5-7(12)6(11)3-9-5/h5-7,9,11-12H,2-3H2,1H3,(H,8,10)/t5?,6-,7+/m0/s1. The van der Waals surface area contributed by atoms with Crippen LogP contribution in [0.15, 0.2) is 0 Å². The Bertz CT molecular complexity index is 174. The molecule has 1 aliphatic heterocycles. The lowest BCUT2D eigenvalue weighted by molar-refractivity contribution is -0.119. The molecular weight excluding hydrogens is 160 g/mol. The first-order valence-electron chi connectivity index (χ1n) is 3.95. The molecule has 12 heavy (non-hydrogen) atoms. The van der Waals surface area contributed by atoms with Gasteiger partial charge < -0.3 is 20.8 Å². The second kappa shape index (κ2) is 3.84. The van der Waals surface area contributed by atoms with Gasteiger partial charge in [-0.3, -0.25) is 4.79 Å². The van der Waals surface area contributed by atoms with E-state index in [0.29, 0.717) is 13.1 Å². The van der Waals surface area contributed by atoms with Gasteiger partial charge in [-0.2, -0.15) is 0 Å². The molecule has 0 radical (unpaired) electrons. The maximum atomic E-state index is 10.5. The quantitative estimate of drug-likeness (QED) is 0.383. The van der Waals surface area contributed by atoms with Crippen molar-refractivity contribution in [1.82, 2.24) is 10.6 Å². The van der Waals surface area contributed by atoms with E-state index in [-0.39, 0.29) is 11.9 Å². The first-order valence-corrected chi connectivity index (χ1v) is 3.95. The molecule has 1 saturated heterocycles. The Balaban J connectivity index is 2.29. The van der Waals surface area contributed by atoms with Crippen LogP contribution in [0.2, 0.25) is 0 Å².